The minimum atomic E-state index is -4.33. The van der Waals surface area contributed by atoms with Crippen molar-refractivity contribution in [2.45, 2.75) is 45.7 Å². The highest BCUT2D eigenvalue weighted by atomic mass is 19.4. The number of halogens is 3. The number of rotatable bonds is 8. The molecule has 2 rings (SSSR count). The summed E-state index contributed by atoms with van der Waals surface area (Å²) in [5, 5.41) is 10.1. The summed E-state index contributed by atoms with van der Waals surface area (Å²) >= 11 is 0. The van der Waals surface area contributed by atoms with Gasteiger partial charge in [-0.15, -0.1) is 0 Å². The van der Waals surface area contributed by atoms with Crippen molar-refractivity contribution in [2.24, 2.45) is 4.99 Å². The zero-order valence-corrected chi connectivity index (χ0v) is 16.3. The first kappa shape index (κ1) is 21.7. The van der Waals surface area contributed by atoms with Crippen molar-refractivity contribution >= 4 is 5.96 Å². The Balaban J connectivity index is 1.86. The number of hydrogen-bond donors (Lipinski definition) is 2. The quantitative estimate of drug-likeness (QED) is 0.525. The summed E-state index contributed by atoms with van der Waals surface area (Å²) in [6, 6.07) is 5.47. The Morgan fingerprint density at radius 2 is 2.07 bits per heavy atom. The van der Waals surface area contributed by atoms with Crippen LogP contribution < -0.4 is 10.6 Å². The minimum Gasteiger partial charge on any atom is -0.357 e. The Morgan fingerprint density at radius 1 is 1.29 bits per heavy atom. The second-order valence-electron chi connectivity index (χ2n) is 6.49. The lowest BCUT2D eigenvalue weighted by atomic mass is 9.96. The Bertz CT molecular complexity index is 773. The van der Waals surface area contributed by atoms with Gasteiger partial charge in [-0.2, -0.15) is 18.2 Å². The maximum absolute atomic E-state index is 12.9. The lowest BCUT2D eigenvalue weighted by Crippen LogP contribution is -2.38. The van der Waals surface area contributed by atoms with Crippen molar-refractivity contribution in [3.8, 4) is 0 Å². The molecule has 6 nitrogen and oxygen atoms in total. The second-order valence-corrected chi connectivity index (χ2v) is 6.49. The third-order valence-corrected chi connectivity index (χ3v) is 4.16. The molecule has 1 aromatic carbocycles. The number of hydrogen-bond acceptors (Lipinski definition) is 4. The first-order chi connectivity index (χ1) is 13.3. The molecule has 154 valence electrons. The van der Waals surface area contributed by atoms with Crippen molar-refractivity contribution in [3.05, 3.63) is 47.1 Å². The van der Waals surface area contributed by atoms with Gasteiger partial charge in [0.25, 0.3) is 0 Å². The van der Waals surface area contributed by atoms with Gasteiger partial charge in [-0.1, -0.05) is 30.3 Å². The first-order valence-corrected chi connectivity index (χ1v) is 9.28. The number of guanidine groups is 1. The molecule has 28 heavy (non-hydrogen) atoms. The van der Waals surface area contributed by atoms with Gasteiger partial charge in [0.2, 0.25) is 5.89 Å². The van der Waals surface area contributed by atoms with E-state index in [0.29, 0.717) is 55.7 Å². The van der Waals surface area contributed by atoms with Gasteiger partial charge in [-0.25, -0.2) is 0 Å². The van der Waals surface area contributed by atoms with E-state index in [1.807, 2.05) is 13.8 Å². The largest absolute Gasteiger partial charge is 0.416 e. The van der Waals surface area contributed by atoms with E-state index in [4.69, 9.17) is 4.52 Å². The van der Waals surface area contributed by atoms with Crippen LogP contribution in [0.2, 0.25) is 0 Å². The van der Waals surface area contributed by atoms with Gasteiger partial charge < -0.3 is 15.2 Å². The molecule has 0 bridgehead atoms. The molecule has 0 amide bonds. The molecule has 1 atom stereocenters. The number of aromatic nitrogens is 2. The zero-order valence-electron chi connectivity index (χ0n) is 16.3. The van der Waals surface area contributed by atoms with E-state index >= 15 is 0 Å². The molecule has 9 heteroatoms. The number of nitrogens with zero attached hydrogens (tertiary/aromatic N) is 3. The van der Waals surface area contributed by atoms with Crippen LogP contribution >= 0.6 is 0 Å². The molecule has 1 heterocycles. The highest BCUT2D eigenvalue weighted by Gasteiger charge is 2.30. The standard InChI is InChI=1S/C19H26F3N5O/c1-4-23-18(25-11-9-17-26-14(3)27-28-17)24-10-8-13(2)15-6-5-7-16(12-15)19(20,21)22/h5-7,12-13H,4,8-11H2,1-3H3,(H2,23,24,25). The van der Waals surface area contributed by atoms with E-state index in [0.717, 1.165) is 6.07 Å². The van der Waals surface area contributed by atoms with Gasteiger partial charge in [-0.05, 0) is 37.8 Å². The predicted molar refractivity (Wildman–Crippen MR) is 101 cm³/mol. The number of alkyl halides is 3. The molecule has 1 aromatic heterocycles. The van der Waals surface area contributed by atoms with Crippen molar-refractivity contribution in [3.63, 3.8) is 0 Å². The lowest BCUT2D eigenvalue weighted by molar-refractivity contribution is -0.137. The molecule has 0 radical (unpaired) electrons. The summed E-state index contributed by atoms with van der Waals surface area (Å²) in [4.78, 5) is 8.63. The molecule has 2 aromatic rings. The van der Waals surface area contributed by atoms with Crippen LogP contribution in [0.4, 0.5) is 13.2 Å². The van der Waals surface area contributed by atoms with Crippen molar-refractivity contribution in [1.82, 2.24) is 20.8 Å². The number of benzene rings is 1. The Kier molecular flexibility index (Phi) is 7.83. The summed E-state index contributed by atoms with van der Waals surface area (Å²) in [6.07, 6.45) is -3.11. The third-order valence-electron chi connectivity index (χ3n) is 4.16. The predicted octanol–water partition coefficient (Wildman–Crippen LogP) is 3.69. The SMILES string of the molecule is CCNC(=NCCC(C)c1cccc(C(F)(F)F)c1)NCCc1nc(C)no1. The molecule has 0 aliphatic rings. The molecule has 0 spiro atoms. The summed E-state index contributed by atoms with van der Waals surface area (Å²) in [5.41, 5.74) is 0.0429. The van der Waals surface area contributed by atoms with Crippen LogP contribution in [0.25, 0.3) is 0 Å². The molecule has 0 aliphatic heterocycles. The van der Waals surface area contributed by atoms with Gasteiger partial charge in [-0.3, -0.25) is 4.99 Å². The summed E-state index contributed by atoms with van der Waals surface area (Å²) in [7, 11) is 0. The first-order valence-electron chi connectivity index (χ1n) is 9.28. The zero-order chi connectivity index (χ0) is 20.6. The Hall–Kier alpha value is -2.58. The molecule has 0 aliphatic carbocycles. The van der Waals surface area contributed by atoms with Gasteiger partial charge in [0.15, 0.2) is 11.8 Å². The average molecular weight is 397 g/mol. The van der Waals surface area contributed by atoms with Crippen molar-refractivity contribution in [1.29, 1.82) is 0 Å². The van der Waals surface area contributed by atoms with E-state index in [-0.39, 0.29) is 5.92 Å². The number of nitrogens with one attached hydrogen (secondary N) is 2. The van der Waals surface area contributed by atoms with Crippen molar-refractivity contribution in [2.75, 3.05) is 19.6 Å². The van der Waals surface area contributed by atoms with Crippen molar-refractivity contribution < 1.29 is 17.7 Å². The van der Waals surface area contributed by atoms with E-state index in [9.17, 15) is 13.2 Å². The number of aryl methyl sites for hydroxylation is 1. The van der Waals surface area contributed by atoms with E-state index in [1.165, 1.54) is 12.1 Å². The Labute approximate surface area is 162 Å². The number of aliphatic imine (C=N–C) groups is 1. The van der Waals surface area contributed by atoms with E-state index in [2.05, 4.69) is 25.8 Å². The van der Waals surface area contributed by atoms with E-state index in [1.54, 1.807) is 13.0 Å². The summed E-state index contributed by atoms with van der Waals surface area (Å²) in [5.74, 6) is 1.77. The smallest absolute Gasteiger partial charge is 0.357 e. The molecular formula is C19H26F3N5O. The fourth-order valence-corrected chi connectivity index (χ4v) is 2.63. The molecule has 2 N–H and O–H groups in total. The van der Waals surface area contributed by atoms with E-state index < -0.39 is 11.7 Å². The Morgan fingerprint density at radius 3 is 2.71 bits per heavy atom. The van der Waals surface area contributed by atoms with Crippen LogP contribution in [0.3, 0.4) is 0 Å². The maximum Gasteiger partial charge on any atom is 0.416 e. The molecule has 0 saturated carbocycles. The minimum absolute atomic E-state index is 0.0321. The summed E-state index contributed by atoms with van der Waals surface area (Å²) < 4.78 is 43.6. The normalized spacial score (nSPS) is 13.4. The van der Waals surface area contributed by atoms with Gasteiger partial charge >= 0.3 is 6.18 Å². The molecule has 0 saturated heterocycles. The summed E-state index contributed by atoms with van der Waals surface area (Å²) in [6.45, 7) is 7.41. The van der Waals surface area contributed by atoms with Gasteiger partial charge in [0.05, 0.1) is 5.56 Å². The van der Waals surface area contributed by atoms with Crippen LogP contribution in [-0.2, 0) is 12.6 Å². The van der Waals surface area contributed by atoms with Crippen LogP contribution in [0.15, 0.2) is 33.8 Å². The van der Waals surface area contributed by atoms with Crippen LogP contribution in [0, 0.1) is 6.92 Å². The third kappa shape index (κ3) is 6.86. The van der Waals surface area contributed by atoms with Crippen LogP contribution in [0.1, 0.15) is 49.0 Å². The van der Waals surface area contributed by atoms with Gasteiger partial charge in [0, 0.05) is 26.1 Å². The average Bonchev–Trinajstić information content (AvgIpc) is 3.06. The van der Waals surface area contributed by atoms with Crippen LogP contribution in [0.5, 0.6) is 0 Å². The monoisotopic (exact) mass is 397 g/mol. The molecule has 0 fully saturated rings. The highest BCUT2D eigenvalue weighted by Crippen LogP contribution is 2.31. The lowest BCUT2D eigenvalue weighted by Gasteiger charge is -2.14. The fourth-order valence-electron chi connectivity index (χ4n) is 2.63. The fraction of sp³-hybridized carbons (Fsp3) is 0.526. The molecular weight excluding hydrogens is 371 g/mol. The maximum atomic E-state index is 12.9. The van der Waals surface area contributed by atoms with Gasteiger partial charge in [0.1, 0.15) is 0 Å². The molecule has 1 unspecified atom stereocenters. The van der Waals surface area contributed by atoms with Crippen LogP contribution in [-0.4, -0.2) is 35.7 Å². The highest BCUT2D eigenvalue weighted by molar-refractivity contribution is 5.79. The second kappa shape index (κ2) is 10.1. The topological polar surface area (TPSA) is 75.3 Å².